The van der Waals surface area contributed by atoms with Crippen molar-refractivity contribution in [3.8, 4) is 17.2 Å². The Kier molecular flexibility index (Phi) is 7.06. The van der Waals surface area contributed by atoms with Crippen molar-refractivity contribution in [2.24, 2.45) is 0 Å². The van der Waals surface area contributed by atoms with E-state index in [1.165, 1.54) is 12.1 Å². The van der Waals surface area contributed by atoms with Crippen molar-refractivity contribution in [3.63, 3.8) is 0 Å². The number of rotatable bonds is 9. The molecule has 0 spiro atoms. The van der Waals surface area contributed by atoms with E-state index in [2.05, 4.69) is 22.4 Å². The molecule has 2 aromatic carbocycles. The first kappa shape index (κ1) is 22.5. The van der Waals surface area contributed by atoms with E-state index in [1.54, 1.807) is 50.2 Å². The van der Waals surface area contributed by atoms with Gasteiger partial charge < -0.3 is 9.15 Å². The number of benzene rings is 2. The summed E-state index contributed by atoms with van der Waals surface area (Å²) in [6, 6.07) is 12.9. The molecule has 0 fully saturated rings. The molecule has 0 aliphatic rings. The van der Waals surface area contributed by atoms with Crippen LogP contribution in [0.15, 0.2) is 57.8 Å². The second-order valence-corrected chi connectivity index (χ2v) is 9.72. The van der Waals surface area contributed by atoms with Gasteiger partial charge in [0.15, 0.2) is 9.84 Å². The monoisotopic (exact) mass is 443 g/mol. The van der Waals surface area contributed by atoms with Gasteiger partial charge in [-0.25, -0.2) is 8.42 Å². The van der Waals surface area contributed by atoms with Crippen molar-refractivity contribution in [2.75, 3.05) is 11.9 Å². The first-order valence-electron chi connectivity index (χ1n) is 10.0. The average molecular weight is 444 g/mol. The van der Waals surface area contributed by atoms with Gasteiger partial charge in [-0.2, -0.15) is 0 Å². The molecular weight excluding hydrogens is 418 g/mol. The van der Waals surface area contributed by atoms with Crippen LogP contribution < -0.4 is 10.1 Å². The van der Waals surface area contributed by atoms with Crippen LogP contribution in [0.2, 0.25) is 0 Å². The number of unbranched alkanes of at least 4 members (excludes halogenated alkanes) is 1. The molecule has 3 aromatic rings. The van der Waals surface area contributed by atoms with Crippen molar-refractivity contribution >= 4 is 21.8 Å². The molecule has 0 atom stereocenters. The third kappa shape index (κ3) is 5.49. The maximum atomic E-state index is 12.4. The molecule has 164 valence electrons. The molecule has 0 radical (unpaired) electrons. The molecule has 0 aliphatic heterocycles. The Hall–Kier alpha value is -3.20. The summed E-state index contributed by atoms with van der Waals surface area (Å²) in [6.07, 6.45) is 2.01. The van der Waals surface area contributed by atoms with E-state index in [0.717, 1.165) is 12.8 Å². The molecular formula is C22H25N3O5S. The Balaban J connectivity index is 1.70. The lowest BCUT2D eigenvalue weighted by molar-refractivity contribution is 0.102. The van der Waals surface area contributed by atoms with Crippen LogP contribution in [-0.2, 0) is 9.84 Å². The third-order valence-electron chi connectivity index (χ3n) is 4.56. The van der Waals surface area contributed by atoms with Gasteiger partial charge in [-0.1, -0.05) is 24.5 Å². The van der Waals surface area contributed by atoms with Crippen molar-refractivity contribution < 1.29 is 22.4 Å². The number of ether oxygens (including phenoxy) is 1. The lowest BCUT2D eigenvalue weighted by Gasteiger charge is -2.08. The Morgan fingerprint density at radius 1 is 1.13 bits per heavy atom. The summed E-state index contributed by atoms with van der Waals surface area (Å²) in [5, 5.41) is 9.73. The molecule has 0 bridgehead atoms. The van der Waals surface area contributed by atoms with Crippen molar-refractivity contribution in [3.05, 3.63) is 54.1 Å². The van der Waals surface area contributed by atoms with E-state index in [9.17, 15) is 13.2 Å². The van der Waals surface area contributed by atoms with Crippen molar-refractivity contribution in [2.45, 2.75) is 43.8 Å². The summed E-state index contributed by atoms with van der Waals surface area (Å²) in [6.45, 7) is 5.95. The minimum absolute atomic E-state index is 0.0830. The number of sulfone groups is 1. The highest BCUT2D eigenvalue weighted by Gasteiger charge is 2.21. The Labute approximate surface area is 181 Å². The molecule has 1 aromatic heterocycles. The van der Waals surface area contributed by atoms with Gasteiger partial charge in [0.25, 0.3) is 5.91 Å². The summed E-state index contributed by atoms with van der Waals surface area (Å²) >= 11 is 0. The van der Waals surface area contributed by atoms with E-state index < -0.39 is 21.0 Å². The van der Waals surface area contributed by atoms with E-state index in [0.29, 0.717) is 23.5 Å². The summed E-state index contributed by atoms with van der Waals surface area (Å²) in [4.78, 5) is 12.6. The van der Waals surface area contributed by atoms with E-state index in [1.807, 2.05) is 0 Å². The Bertz CT molecular complexity index is 1140. The lowest BCUT2D eigenvalue weighted by Crippen LogP contribution is -2.13. The third-order valence-corrected chi connectivity index (χ3v) is 6.71. The fourth-order valence-electron chi connectivity index (χ4n) is 2.67. The minimum atomic E-state index is -3.44. The zero-order valence-electron chi connectivity index (χ0n) is 17.7. The number of carbonyl (C=O) groups excluding carboxylic acids is 1. The number of hydrogen-bond donors (Lipinski definition) is 1. The van der Waals surface area contributed by atoms with E-state index in [4.69, 9.17) is 9.15 Å². The number of anilines is 1. The number of aromatic nitrogens is 2. The molecule has 9 heteroatoms. The van der Waals surface area contributed by atoms with Crippen LogP contribution in [0.1, 0.15) is 44.0 Å². The molecule has 8 nitrogen and oxygen atoms in total. The largest absolute Gasteiger partial charge is 0.494 e. The maximum Gasteiger partial charge on any atom is 0.322 e. The van der Waals surface area contributed by atoms with Gasteiger partial charge in [-0.05, 0) is 62.7 Å². The number of amides is 1. The van der Waals surface area contributed by atoms with Crippen LogP contribution in [0.5, 0.6) is 5.75 Å². The Morgan fingerprint density at radius 3 is 2.55 bits per heavy atom. The van der Waals surface area contributed by atoms with Gasteiger partial charge in [0.2, 0.25) is 5.89 Å². The fourth-order valence-corrected chi connectivity index (χ4v) is 3.78. The molecule has 1 heterocycles. The second-order valence-electron chi connectivity index (χ2n) is 7.21. The molecule has 0 saturated carbocycles. The van der Waals surface area contributed by atoms with Crippen molar-refractivity contribution in [1.29, 1.82) is 0 Å². The number of hydrogen-bond acceptors (Lipinski definition) is 7. The second kappa shape index (κ2) is 9.74. The zero-order valence-corrected chi connectivity index (χ0v) is 18.5. The average Bonchev–Trinajstić information content (AvgIpc) is 3.23. The highest BCUT2D eigenvalue weighted by atomic mass is 32.2. The summed E-state index contributed by atoms with van der Waals surface area (Å²) in [5.74, 6) is 0.392. The minimum Gasteiger partial charge on any atom is -0.494 e. The van der Waals surface area contributed by atoms with Crippen molar-refractivity contribution in [1.82, 2.24) is 10.2 Å². The standard InChI is InChI=1S/C22H25N3O5S/c1-4-5-13-29-18-11-9-16(10-12-18)20(26)23-22-25-24-21(30-22)17-7-6-8-19(14-17)31(27,28)15(2)3/h6-12,14-15H,4-5,13H2,1-3H3,(H,23,25,26). The Morgan fingerprint density at radius 2 is 1.87 bits per heavy atom. The molecule has 1 amide bonds. The van der Waals surface area contributed by atoms with Gasteiger partial charge in [0.05, 0.1) is 16.8 Å². The molecule has 31 heavy (non-hydrogen) atoms. The lowest BCUT2D eigenvalue weighted by atomic mass is 10.2. The van der Waals surface area contributed by atoms with Crippen LogP contribution in [0.3, 0.4) is 0 Å². The van der Waals surface area contributed by atoms with Crippen LogP contribution in [0, 0.1) is 0 Å². The van der Waals surface area contributed by atoms with Gasteiger partial charge in [0.1, 0.15) is 5.75 Å². The quantitative estimate of drug-likeness (QED) is 0.489. The molecule has 0 aliphatic carbocycles. The predicted molar refractivity (Wildman–Crippen MR) is 117 cm³/mol. The number of nitrogens with zero attached hydrogens (tertiary/aromatic N) is 2. The highest BCUT2D eigenvalue weighted by molar-refractivity contribution is 7.92. The van der Waals surface area contributed by atoms with Crippen LogP contribution >= 0.6 is 0 Å². The van der Waals surface area contributed by atoms with Gasteiger partial charge >= 0.3 is 6.01 Å². The summed E-state index contributed by atoms with van der Waals surface area (Å²) in [5.41, 5.74) is 0.857. The van der Waals surface area contributed by atoms with E-state index >= 15 is 0 Å². The van der Waals surface area contributed by atoms with Gasteiger partial charge in [-0.3, -0.25) is 10.1 Å². The SMILES string of the molecule is CCCCOc1ccc(C(=O)Nc2nnc(-c3cccc(S(=O)(=O)C(C)C)c3)o2)cc1. The zero-order chi connectivity index (χ0) is 22.4. The van der Waals surface area contributed by atoms with Crippen LogP contribution in [0.25, 0.3) is 11.5 Å². The summed E-state index contributed by atoms with van der Waals surface area (Å²) < 4.78 is 35.9. The van der Waals surface area contributed by atoms with Gasteiger partial charge in [-0.15, -0.1) is 5.10 Å². The fraction of sp³-hybridized carbons (Fsp3) is 0.318. The molecule has 0 unspecified atom stereocenters. The number of carbonyl (C=O) groups is 1. The number of nitrogens with one attached hydrogen (secondary N) is 1. The molecule has 3 rings (SSSR count). The molecule has 0 saturated heterocycles. The highest BCUT2D eigenvalue weighted by Crippen LogP contribution is 2.25. The molecule has 1 N–H and O–H groups in total. The maximum absolute atomic E-state index is 12.4. The topological polar surface area (TPSA) is 111 Å². The van der Waals surface area contributed by atoms with Gasteiger partial charge in [0, 0.05) is 11.1 Å². The van der Waals surface area contributed by atoms with Crippen LogP contribution in [-0.4, -0.2) is 36.4 Å². The van der Waals surface area contributed by atoms with E-state index in [-0.39, 0.29) is 16.8 Å². The smallest absolute Gasteiger partial charge is 0.322 e. The van der Waals surface area contributed by atoms with Crippen LogP contribution in [0.4, 0.5) is 6.01 Å². The predicted octanol–water partition coefficient (Wildman–Crippen LogP) is 4.35. The summed E-state index contributed by atoms with van der Waals surface area (Å²) in [7, 11) is -3.44. The normalized spacial score (nSPS) is 11.5. The first-order valence-corrected chi connectivity index (χ1v) is 11.6. The first-order chi connectivity index (χ1) is 14.8.